The minimum absolute atomic E-state index is 0.111. The summed E-state index contributed by atoms with van der Waals surface area (Å²) in [5.41, 5.74) is 4.95. The summed E-state index contributed by atoms with van der Waals surface area (Å²) in [5.74, 6) is 0.504. The Bertz CT molecular complexity index is 1210. The largest absolute Gasteiger partial charge is 0.287 e. The number of ketones is 1. The van der Waals surface area contributed by atoms with E-state index in [2.05, 4.69) is 33.5 Å². The molecule has 150 valence electrons. The standard InChI is InChI=1S/C25H24N4O/c1-17-24(25(30)19-10-6-3-7-11-19)27-28-29(17)23-14-15-26-22-13-12-20(16-21(22)23)18-8-4-2-5-9-18/h3,6-7,10-16,18H,2,4-5,8-9H2,1H3. The number of fused-ring (bicyclic) bond motifs is 1. The monoisotopic (exact) mass is 396 g/mol. The molecule has 0 radical (unpaired) electrons. The summed E-state index contributed by atoms with van der Waals surface area (Å²) in [6.45, 7) is 1.90. The van der Waals surface area contributed by atoms with Crippen molar-refractivity contribution in [3.63, 3.8) is 0 Å². The molecule has 0 bridgehead atoms. The van der Waals surface area contributed by atoms with E-state index in [4.69, 9.17) is 0 Å². The summed E-state index contributed by atoms with van der Waals surface area (Å²) in [5, 5.41) is 9.62. The quantitative estimate of drug-likeness (QED) is 0.433. The predicted octanol–water partition coefficient (Wildman–Crippen LogP) is 5.40. The molecule has 0 N–H and O–H groups in total. The molecule has 4 aromatic rings. The fourth-order valence-electron chi connectivity index (χ4n) is 4.52. The molecule has 2 aromatic heterocycles. The van der Waals surface area contributed by atoms with Gasteiger partial charge in [0, 0.05) is 17.1 Å². The highest BCUT2D eigenvalue weighted by molar-refractivity contribution is 6.08. The number of carbonyl (C=O) groups is 1. The van der Waals surface area contributed by atoms with E-state index in [0.29, 0.717) is 17.2 Å². The van der Waals surface area contributed by atoms with E-state index >= 15 is 0 Å². The van der Waals surface area contributed by atoms with Crippen LogP contribution in [0, 0.1) is 6.92 Å². The number of pyridine rings is 1. The SMILES string of the molecule is Cc1c(C(=O)c2ccccc2)nnn1-c1ccnc2ccc(C3CCCCC3)cc12. The highest BCUT2D eigenvalue weighted by Crippen LogP contribution is 2.34. The smallest absolute Gasteiger partial charge is 0.215 e. The van der Waals surface area contributed by atoms with Gasteiger partial charge in [0.1, 0.15) is 0 Å². The highest BCUT2D eigenvalue weighted by Gasteiger charge is 2.21. The van der Waals surface area contributed by atoms with E-state index in [1.165, 1.54) is 37.7 Å². The first kappa shape index (κ1) is 18.7. The van der Waals surface area contributed by atoms with Crippen LogP contribution in [-0.4, -0.2) is 25.8 Å². The lowest BCUT2D eigenvalue weighted by Crippen LogP contribution is -2.07. The molecular formula is C25H24N4O. The van der Waals surface area contributed by atoms with Gasteiger partial charge in [-0.05, 0) is 49.4 Å². The molecule has 1 aliphatic carbocycles. The van der Waals surface area contributed by atoms with Crippen molar-refractivity contribution in [3.8, 4) is 5.69 Å². The third-order valence-electron chi connectivity index (χ3n) is 6.19. The second-order valence-electron chi connectivity index (χ2n) is 8.07. The van der Waals surface area contributed by atoms with Gasteiger partial charge in [0.2, 0.25) is 5.78 Å². The molecule has 0 spiro atoms. The molecule has 5 heteroatoms. The van der Waals surface area contributed by atoms with Crippen LogP contribution in [0.3, 0.4) is 0 Å². The lowest BCUT2D eigenvalue weighted by Gasteiger charge is -2.22. The van der Waals surface area contributed by atoms with E-state index < -0.39 is 0 Å². The van der Waals surface area contributed by atoms with Crippen LogP contribution in [0.5, 0.6) is 0 Å². The Hall–Kier alpha value is -3.34. The molecule has 0 amide bonds. The number of hydrogen-bond acceptors (Lipinski definition) is 4. The van der Waals surface area contributed by atoms with Crippen LogP contribution in [0.1, 0.15) is 65.3 Å². The number of aromatic nitrogens is 4. The number of benzene rings is 2. The molecule has 0 atom stereocenters. The zero-order valence-corrected chi connectivity index (χ0v) is 17.1. The average Bonchev–Trinajstić information content (AvgIpc) is 3.20. The lowest BCUT2D eigenvalue weighted by molar-refractivity contribution is 0.103. The Morgan fingerprint density at radius 2 is 1.80 bits per heavy atom. The van der Waals surface area contributed by atoms with E-state index in [1.54, 1.807) is 23.0 Å². The molecular weight excluding hydrogens is 372 g/mol. The number of hydrogen-bond donors (Lipinski definition) is 0. The first-order valence-corrected chi connectivity index (χ1v) is 10.6. The fraction of sp³-hybridized carbons (Fsp3) is 0.280. The maximum absolute atomic E-state index is 12.9. The molecule has 1 aliphatic rings. The third-order valence-corrected chi connectivity index (χ3v) is 6.19. The second kappa shape index (κ2) is 7.82. The van der Waals surface area contributed by atoms with Crippen molar-refractivity contribution in [2.45, 2.75) is 44.9 Å². The summed E-state index contributed by atoms with van der Waals surface area (Å²) in [7, 11) is 0. The minimum atomic E-state index is -0.111. The number of rotatable bonds is 4. The van der Waals surface area contributed by atoms with E-state index in [1.807, 2.05) is 31.2 Å². The van der Waals surface area contributed by atoms with Gasteiger partial charge in [-0.25, -0.2) is 4.68 Å². The molecule has 0 unspecified atom stereocenters. The first-order valence-electron chi connectivity index (χ1n) is 10.6. The maximum atomic E-state index is 12.9. The van der Waals surface area contributed by atoms with Crippen molar-refractivity contribution in [1.82, 2.24) is 20.0 Å². The van der Waals surface area contributed by atoms with Crippen molar-refractivity contribution < 1.29 is 4.79 Å². The molecule has 5 rings (SSSR count). The van der Waals surface area contributed by atoms with Gasteiger partial charge in [-0.2, -0.15) is 0 Å². The molecule has 0 aliphatic heterocycles. The highest BCUT2D eigenvalue weighted by atomic mass is 16.1. The summed E-state index contributed by atoms with van der Waals surface area (Å²) >= 11 is 0. The summed E-state index contributed by atoms with van der Waals surface area (Å²) in [4.78, 5) is 17.5. The van der Waals surface area contributed by atoms with Crippen LogP contribution in [0.25, 0.3) is 16.6 Å². The topological polar surface area (TPSA) is 60.7 Å². The number of carbonyl (C=O) groups excluding carboxylic acids is 1. The van der Waals surface area contributed by atoms with E-state index in [-0.39, 0.29) is 5.78 Å². The molecule has 1 fully saturated rings. The van der Waals surface area contributed by atoms with Crippen LogP contribution in [0.4, 0.5) is 0 Å². The lowest BCUT2D eigenvalue weighted by atomic mass is 9.83. The Morgan fingerprint density at radius 1 is 1.00 bits per heavy atom. The molecule has 2 aromatic carbocycles. The molecule has 5 nitrogen and oxygen atoms in total. The summed E-state index contributed by atoms with van der Waals surface area (Å²) in [6, 6.07) is 17.7. The average molecular weight is 396 g/mol. The molecule has 2 heterocycles. The zero-order chi connectivity index (χ0) is 20.5. The predicted molar refractivity (Wildman–Crippen MR) is 117 cm³/mol. The minimum Gasteiger partial charge on any atom is -0.287 e. The first-order chi connectivity index (χ1) is 14.7. The Labute approximate surface area is 175 Å². The number of nitrogens with zero attached hydrogens (tertiary/aromatic N) is 4. The van der Waals surface area contributed by atoms with Gasteiger partial charge in [0.15, 0.2) is 5.69 Å². The normalized spacial score (nSPS) is 14.8. The van der Waals surface area contributed by atoms with Crippen molar-refractivity contribution in [2.24, 2.45) is 0 Å². The van der Waals surface area contributed by atoms with Crippen molar-refractivity contribution >= 4 is 16.7 Å². The zero-order valence-electron chi connectivity index (χ0n) is 17.1. The third kappa shape index (κ3) is 3.30. The van der Waals surface area contributed by atoms with Crippen molar-refractivity contribution in [2.75, 3.05) is 0 Å². The van der Waals surface area contributed by atoms with Gasteiger partial charge in [0.05, 0.1) is 16.9 Å². The fourth-order valence-corrected chi connectivity index (χ4v) is 4.52. The van der Waals surface area contributed by atoms with Gasteiger partial charge in [-0.3, -0.25) is 9.78 Å². The summed E-state index contributed by atoms with van der Waals surface area (Å²) in [6.07, 6.45) is 8.23. The molecule has 0 saturated heterocycles. The van der Waals surface area contributed by atoms with Gasteiger partial charge in [-0.15, -0.1) is 5.10 Å². The van der Waals surface area contributed by atoms with Crippen LogP contribution >= 0.6 is 0 Å². The Morgan fingerprint density at radius 3 is 2.60 bits per heavy atom. The van der Waals surface area contributed by atoms with Gasteiger partial charge < -0.3 is 0 Å². The Kier molecular flexibility index (Phi) is 4.87. The van der Waals surface area contributed by atoms with Crippen LogP contribution in [0.15, 0.2) is 60.8 Å². The summed E-state index contributed by atoms with van der Waals surface area (Å²) < 4.78 is 1.77. The molecule has 1 saturated carbocycles. The van der Waals surface area contributed by atoms with Gasteiger partial charge >= 0.3 is 0 Å². The van der Waals surface area contributed by atoms with Gasteiger partial charge in [-0.1, -0.05) is 60.9 Å². The van der Waals surface area contributed by atoms with Crippen molar-refractivity contribution in [3.05, 3.63) is 83.3 Å². The second-order valence-corrected chi connectivity index (χ2v) is 8.07. The van der Waals surface area contributed by atoms with Crippen molar-refractivity contribution in [1.29, 1.82) is 0 Å². The van der Waals surface area contributed by atoms with E-state index in [0.717, 1.165) is 22.3 Å². The van der Waals surface area contributed by atoms with Crippen LogP contribution < -0.4 is 0 Å². The van der Waals surface area contributed by atoms with Gasteiger partial charge in [0.25, 0.3) is 0 Å². The maximum Gasteiger partial charge on any atom is 0.215 e. The van der Waals surface area contributed by atoms with E-state index in [9.17, 15) is 4.79 Å². The van der Waals surface area contributed by atoms with Crippen LogP contribution in [0.2, 0.25) is 0 Å². The molecule has 30 heavy (non-hydrogen) atoms. The Balaban J connectivity index is 1.58. The van der Waals surface area contributed by atoms with Crippen LogP contribution in [-0.2, 0) is 0 Å².